The summed E-state index contributed by atoms with van der Waals surface area (Å²) in [6, 6.07) is -4.22. The average Bonchev–Trinajstić information content (AvgIpc) is 3.04. The van der Waals surface area contributed by atoms with E-state index in [1.165, 1.54) is 0 Å². The molecule has 3 saturated heterocycles. The minimum absolute atomic E-state index is 0.0398. The van der Waals surface area contributed by atoms with Crippen molar-refractivity contribution in [2.24, 2.45) is 5.73 Å². The molecule has 0 radical (unpaired) electrons. The van der Waals surface area contributed by atoms with Crippen LogP contribution in [-0.2, 0) is 33.3 Å². The molecule has 3 fully saturated rings. The van der Waals surface area contributed by atoms with Gasteiger partial charge >= 0.3 is 0 Å². The van der Waals surface area contributed by atoms with Gasteiger partial charge in [0, 0.05) is 25.7 Å². The number of terminal acetylenes is 2. The third-order valence-corrected chi connectivity index (χ3v) is 7.87. The molecule has 260 valence electrons. The predicted octanol–water partition coefficient (Wildman–Crippen LogP) is -6.53. The smallest absolute Gasteiger partial charge is 0.221 e. The van der Waals surface area contributed by atoms with Gasteiger partial charge < -0.3 is 80.9 Å². The molecule has 2 amide bonds. The molecule has 0 aromatic rings. The van der Waals surface area contributed by atoms with E-state index in [1.807, 2.05) is 0 Å². The van der Waals surface area contributed by atoms with Gasteiger partial charge in [0.2, 0.25) is 11.8 Å². The topological polar surface area (TPSA) is 292 Å². The molecule has 0 aromatic heterocycles. The molecular weight excluding hydrogens is 618 g/mol. The number of rotatable bonds is 13. The maximum atomic E-state index is 12.7. The van der Waals surface area contributed by atoms with Gasteiger partial charge in [-0.05, 0) is 0 Å². The van der Waals surface area contributed by atoms with Gasteiger partial charge in [-0.25, -0.2) is 0 Å². The summed E-state index contributed by atoms with van der Waals surface area (Å²) in [5, 5.41) is 88.0. The van der Waals surface area contributed by atoms with E-state index < -0.39 is 124 Å². The van der Waals surface area contributed by atoms with Crippen LogP contribution < -0.4 is 16.4 Å². The van der Waals surface area contributed by atoms with Gasteiger partial charge in [0.25, 0.3) is 0 Å². The second kappa shape index (κ2) is 17.6. The fourth-order valence-corrected chi connectivity index (χ4v) is 5.22. The van der Waals surface area contributed by atoms with E-state index in [4.69, 9.17) is 42.3 Å². The highest BCUT2D eigenvalue weighted by molar-refractivity contribution is 5.77. The van der Waals surface area contributed by atoms with Crippen molar-refractivity contribution >= 4 is 11.8 Å². The van der Waals surface area contributed by atoms with Crippen LogP contribution >= 0.6 is 0 Å². The molecule has 0 aromatic carbocycles. The number of hydrogen-bond donors (Lipinski definition) is 11. The first-order chi connectivity index (χ1) is 21.9. The normalized spacial score (nSPS) is 41.2. The van der Waals surface area contributed by atoms with E-state index in [1.54, 1.807) is 0 Å². The lowest BCUT2D eigenvalue weighted by Gasteiger charge is -2.48. The lowest BCUT2D eigenvalue weighted by atomic mass is 9.94. The van der Waals surface area contributed by atoms with E-state index in [2.05, 4.69) is 22.5 Å². The molecule has 18 nitrogen and oxygen atoms in total. The summed E-state index contributed by atoms with van der Waals surface area (Å²) in [5.41, 5.74) is 5.60. The van der Waals surface area contributed by atoms with Crippen LogP contribution in [0.4, 0.5) is 0 Å². The summed E-state index contributed by atoms with van der Waals surface area (Å²) in [6.07, 6.45) is -8.62. The summed E-state index contributed by atoms with van der Waals surface area (Å²) in [5.74, 6) is 3.31. The summed E-state index contributed by atoms with van der Waals surface area (Å²) in [4.78, 5) is 25.1. The van der Waals surface area contributed by atoms with E-state index in [9.17, 15) is 50.4 Å². The molecule has 18 heteroatoms. The molecule has 3 rings (SSSR count). The number of carbonyl (C=O) groups excluding carboxylic acids is 2. The summed E-state index contributed by atoms with van der Waals surface area (Å²) >= 11 is 0. The number of nitrogens with two attached hydrogens (primary N) is 1. The Morgan fingerprint density at radius 3 is 1.78 bits per heavy atom. The van der Waals surface area contributed by atoms with Crippen molar-refractivity contribution in [1.82, 2.24) is 10.6 Å². The molecule has 9 unspecified atom stereocenters. The van der Waals surface area contributed by atoms with Crippen LogP contribution in [-0.4, -0.2) is 164 Å². The van der Waals surface area contributed by atoms with E-state index in [0.29, 0.717) is 0 Å². The monoisotopic (exact) mass is 661 g/mol. The third kappa shape index (κ3) is 9.10. The lowest BCUT2D eigenvalue weighted by molar-refractivity contribution is -0.337. The summed E-state index contributed by atoms with van der Waals surface area (Å²) in [6.45, 7) is -2.13. The molecule has 15 atom stereocenters. The Hall–Kier alpha value is -2.50. The van der Waals surface area contributed by atoms with E-state index in [0.717, 1.165) is 0 Å². The van der Waals surface area contributed by atoms with Crippen LogP contribution in [0.15, 0.2) is 0 Å². The Kier molecular flexibility index (Phi) is 14.5. The number of hydrogen-bond acceptors (Lipinski definition) is 16. The predicted molar refractivity (Wildman–Crippen MR) is 151 cm³/mol. The van der Waals surface area contributed by atoms with Crippen LogP contribution in [0.2, 0.25) is 0 Å². The lowest BCUT2D eigenvalue weighted by Crippen LogP contribution is -2.69. The maximum Gasteiger partial charge on any atom is 0.221 e. The molecule has 3 aliphatic rings. The fraction of sp³-hybridized carbons (Fsp3) is 0.786. The number of ether oxygens (including phenoxy) is 5. The van der Waals surface area contributed by atoms with Crippen LogP contribution in [0.1, 0.15) is 25.7 Å². The summed E-state index contributed by atoms with van der Waals surface area (Å²) in [7, 11) is 0. The van der Waals surface area contributed by atoms with E-state index >= 15 is 0 Å². The zero-order chi connectivity index (χ0) is 34.1. The highest BCUT2D eigenvalue weighted by Gasteiger charge is 2.52. The second-order valence-corrected chi connectivity index (χ2v) is 11.1. The molecular formula is C28H43N3O15. The number of amides is 2. The molecule has 0 spiro atoms. The van der Waals surface area contributed by atoms with Crippen molar-refractivity contribution in [3.63, 3.8) is 0 Å². The van der Waals surface area contributed by atoms with Crippen molar-refractivity contribution in [2.45, 2.75) is 118 Å². The first-order valence-electron chi connectivity index (χ1n) is 14.6. The van der Waals surface area contributed by atoms with Crippen LogP contribution in [0.3, 0.4) is 0 Å². The minimum Gasteiger partial charge on any atom is -0.394 e. The van der Waals surface area contributed by atoms with Gasteiger partial charge in [0.1, 0.15) is 67.0 Å². The molecule has 0 bridgehead atoms. The molecule has 3 heterocycles. The Balaban J connectivity index is 1.85. The van der Waals surface area contributed by atoms with Crippen LogP contribution in [0.5, 0.6) is 0 Å². The first kappa shape index (κ1) is 38.0. The highest BCUT2D eigenvalue weighted by atomic mass is 16.7. The number of aliphatic hydroxyl groups excluding tert-OH is 8. The highest BCUT2D eigenvalue weighted by Crippen LogP contribution is 2.30. The maximum absolute atomic E-state index is 12.7. The standard InChI is InChI=1S/C28H43N3O15/c1-3-5-7-15(34)30-18-23(39)20(36)12(9-32)44-28(18)46-25-13(10-33)45-27(19(24(25)40)31-16(35)8-6-4-2)42-11-14-21(37)22(38)17(29)26(41)43-14/h1-2,12-14,17-28,32-33,36-41H,5-11,29H2,(H,30,34)(H,31,35)/t12?,13?,14?,17?,18?,19-,20-,21-,22?,23?,24?,25+,26-,27?,28+/m1/s1. The number of carbonyl (C=O) groups is 2. The quantitative estimate of drug-likeness (QED) is 0.0818. The third-order valence-electron chi connectivity index (χ3n) is 7.87. The Bertz CT molecular complexity index is 1090. The second-order valence-electron chi connectivity index (χ2n) is 11.1. The van der Waals surface area contributed by atoms with Crippen LogP contribution in [0.25, 0.3) is 0 Å². The first-order valence-corrected chi connectivity index (χ1v) is 14.6. The molecule has 0 saturated carbocycles. The van der Waals surface area contributed by atoms with Gasteiger partial charge in [-0.1, -0.05) is 0 Å². The zero-order valence-corrected chi connectivity index (χ0v) is 24.8. The molecule has 3 aliphatic heterocycles. The summed E-state index contributed by atoms with van der Waals surface area (Å²) < 4.78 is 28.3. The average molecular weight is 662 g/mol. The van der Waals surface area contributed by atoms with Gasteiger partial charge in [-0.3, -0.25) is 9.59 Å². The Labute approximate surface area is 264 Å². The number of nitrogens with one attached hydrogen (secondary N) is 2. The van der Waals surface area contributed by atoms with Crippen molar-refractivity contribution in [1.29, 1.82) is 0 Å². The van der Waals surface area contributed by atoms with Gasteiger partial charge in [0.05, 0.1) is 25.9 Å². The van der Waals surface area contributed by atoms with Gasteiger partial charge in [0.15, 0.2) is 18.9 Å². The van der Waals surface area contributed by atoms with Gasteiger partial charge in [-0.15, -0.1) is 24.7 Å². The Morgan fingerprint density at radius 2 is 1.24 bits per heavy atom. The van der Waals surface area contributed by atoms with Crippen LogP contribution in [0, 0.1) is 24.7 Å². The van der Waals surface area contributed by atoms with E-state index in [-0.39, 0.29) is 25.7 Å². The largest absolute Gasteiger partial charge is 0.394 e. The van der Waals surface area contributed by atoms with Crippen molar-refractivity contribution in [3.05, 3.63) is 0 Å². The minimum atomic E-state index is -1.76. The Morgan fingerprint density at radius 1 is 0.717 bits per heavy atom. The molecule has 12 N–H and O–H groups in total. The van der Waals surface area contributed by atoms with Crippen molar-refractivity contribution < 1.29 is 74.1 Å². The fourth-order valence-electron chi connectivity index (χ4n) is 5.22. The van der Waals surface area contributed by atoms with Crippen molar-refractivity contribution in [2.75, 3.05) is 19.8 Å². The number of aliphatic hydroxyl groups is 8. The molecule has 46 heavy (non-hydrogen) atoms. The van der Waals surface area contributed by atoms with Crippen molar-refractivity contribution in [3.8, 4) is 24.7 Å². The molecule has 0 aliphatic carbocycles. The zero-order valence-electron chi connectivity index (χ0n) is 24.8. The SMILES string of the molecule is C#CCCC(=O)NC1C(O)[C@H](O)C(CO)O[C@H]1O[C@H]1C(CO)OC(OCC2O[C@@H](O)C(N)C(O)[C@@H]2O)[C@H](NC(=O)CCC#C)C1O. The van der Waals surface area contributed by atoms with Gasteiger partial charge in [-0.2, -0.15) is 0 Å².